The van der Waals surface area contributed by atoms with Crippen LogP contribution in [0.2, 0.25) is 10.0 Å². The van der Waals surface area contributed by atoms with Crippen LogP contribution in [-0.4, -0.2) is 5.91 Å². The molecule has 5 heteroatoms. The summed E-state index contributed by atoms with van der Waals surface area (Å²) in [5.74, 6) is 1.16. The van der Waals surface area contributed by atoms with Crippen molar-refractivity contribution in [2.75, 3.05) is 5.32 Å². The van der Waals surface area contributed by atoms with Crippen molar-refractivity contribution in [2.45, 2.75) is 6.92 Å². The lowest BCUT2D eigenvalue weighted by atomic mass is 10.2. The van der Waals surface area contributed by atoms with Gasteiger partial charge < -0.3 is 10.1 Å². The summed E-state index contributed by atoms with van der Waals surface area (Å²) in [6.45, 7) is 2.00. The van der Waals surface area contributed by atoms with E-state index in [2.05, 4.69) is 5.32 Å². The van der Waals surface area contributed by atoms with Gasteiger partial charge in [0, 0.05) is 10.6 Å². The zero-order valence-corrected chi connectivity index (χ0v) is 14.9. The standard InChI is InChI=1S/C20H15Cl2NO2/c1-13-3-2-4-17(11-13)25-16-8-5-14(6-9-16)20(24)23-19-10-7-15(21)12-18(19)22/h2-12H,1H3,(H,23,24). The normalized spacial score (nSPS) is 10.4. The third kappa shape index (κ3) is 4.53. The molecule has 3 aromatic carbocycles. The van der Waals surface area contributed by atoms with Gasteiger partial charge in [0.1, 0.15) is 11.5 Å². The number of carbonyl (C=O) groups is 1. The van der Waals surface area contributed by atoms with E-state index in [0.717, 1.165) is 11.3 Å². The molecule has 0 bridgehead atoms. The van der Waals surface area contributed by atoms with Gasteiger partial charge in [0.15, 0.2) is 0 Å². The highest BCUT2D eigenvalue weighted by molar-refractivity contribution is 6.36. The zero-order chi connectivity index (χ0) is 17.8. The topological polar surface area (TPSA) is 38.3 Å². The number of hydrogen-bond donors (Lipinski definition) is 1. The van der Waals surface area contributed by atoms with E-state index < -0.39 is 0 Å². The molecule has 1 N–H and O–H groups in total. The van der Waals surface area contributed by atoms with Gasteiger partial charge in [-0.15, -0.1) is 0 Å². The Morgan fingerprint density at radius 1 is 0.920 bits per heavy atom. The van der Waals surface area contributed by atoms with Crippen LogP contribution in [0, 0.1) is 6.92 Å². The van der Waals surface area contributed by atoms with Crippen molar-refractivity contribution >= 4 is 34.8 Å². The zero-order valence-electron chi connectivity index (χ0n) is 13.4. The van der Waals surface area contributed by atoms with Crippen LogP contribution in [0.3, 0.4) is 0 Å². The highest BCUT2D eigenvalue weighted by atomic mass is 35.5. The van der Waals surface area contributed by atoms with Crippen LogP contribution in [0.4, 0.5) is 5.69 Å². The van der Waals surface area contributed by atoms with Gasteiger partial charge in [0.25, 0.3) is 5.91 Å². The summed E-state index contributed by atoms with van der Waals surface area (Å²) in [5, 5.41) is 3.66. The van der Waals surface area contributed by atoms with Gasteiger partial charge >= 0.3 is 0 Å². The van der Waals surface area contributed by atoms with Crippen LogP contribution >= 0.6 is 23.2 Å². The number of benzene rings is 3. The molecular weight excluding hydrogens is 357 g/mol. The summed E-state index contributed by atoms with van der Waals surface area (Å²) in [6.07, 6.45) is 0. The lowest BCUT2D eigenvalue weighted by Gasteiger charge is -2.09. The van der Waals surface area contributed by atoms with Crippen molar-refractivity contribution in [1.82, 2.24) is 0 Å². The maximum atomic E-state index is 12.3. The number of amides is 1. The molecule has 0 aromatic heterocycles. The van der Waals surface area contributed by atoms with Gasteiger partial charge in [-0.1, -0.05) is 35.3 Å². The number of anilines is 1. The van der Waals surface area contributed by atoms with E-state index >= 15 is 0 Å². The number of ether oxygens (including phenoxy) is 1. The van der Waals surface area contributed by atoms with Crippen molar-refractivity contribution in [3.63, 3.8) is 0 Å². The molecular formula is C20H15Cl2NO2. The third-order valence-corrected chi connectivity index (χ3v) is 4.07. The largest absolute Gasteiger partial charge is 0.457 e. The van der Waals surface area contributed by atoms with Crippen LogP contribution in [-0.2, 0) is 0 Å². The van der Waals surface area contributed by atoms with Crippen LogP contribution < -0.4 is 10.1 Å². The van der Waals surface area contributed by atoms with E-state index in [-0.39, 0.29) is 5.91 Å². The molecule has 0 saturated carbocycles. The molecule has 0 saturated heterocycles. The van der Waals surface area contributed by atoms with Gasteiger partial charge in [-0.2, -0.15) is 0 Å². The summed E-state index contributed by atoms with van der Waals surface area (Å²) >= 11 is 11.9. The molecule has 0 spiro atoms. The van der Waals surface area contributed by atoms with Crippen LogP contribution in [0.15, 0.2) is 66.7 Å². The minimum atomic E-state index is -0.258. The Kier molecular flexibility index (Phi) is 5.27. The summed E-state index contributed by atoms with van der Waals surface area (Å²) in [5.41, 5.74) is 2.13. The first-order valence-corrected chi connectivity index (χ1v) is 8.38. The first kappa shape index (κ1) is 17.3. The van der Waals surface area contributed by atoms with Crippen LogP contribution in [0.1, 0.15) is 15.9 Å². The smallest absolute Gasteiger partial charge is 0.255 e. The molecule has 25 heavy (non-hydrogen) atoms. The number of nitrogens with one attached hydrogen (secondary N) is 1. The molecule has 3 aromatic rings. The maximum Gasteiger partial charge on any atom is 0.255 e. The fourth-order valence-corrected chi connectivity index (χ4v) is 2.73. The fraction of sp³-hybridized carbons (Fsp3) is 0.0500. The Labute approximate surface area is 156 Å². The lowest BCUT2D eigenvalue weighted by Crippen LogP contribution is -2.12. The van der Waals surface area contributed by atoms with E-state index in [1.165, 1.54) is 0 Å². The van der Waals surface area contributed by atoms with Crippen molar-refractivity contribution in [3.8, 4) is 11.5 Å². The molecule has 0 aliphatic heterocycles. The second-order valence-corrected chi connectivity index (χ2v) is 6.36. The highest BCUT2D eigenvalue weighted by Crippen LogP contribution is 2.26. The first-order valence-electron chi connectivity index (χ1n) is 7.62. The first-order chi connectivity index (χ1) is 12.0. The summed E-state index contributed by atoms with van der Waals surface area (Å²) in [7, 11) is 0. The minimum absolute atomic E-state index is 0.258. The minimum Gasteiger partial charge on any atom is -0.457 e. The molecule has 0 unspecified atom stereocenters. The van der Waals surface area contributed by atoms with Gasteiger partial charge in [0.2, 0.25) is 0 Å². The molecule has 0 aliphatic rings. The number of hydrogen-bond acceptors (Lipinski definition) is 2. The van der Waals surface area contributed by atoms with E-state index in [1.807, 2.05) is 31.2 Å². The van der Waals surface area contributed by atoms with Crippen LogP contribution in [0.5, 0.6) is 11.5 Å². The second-order valence-electron chi connectivity index (χ2n) is 5.52. The molecule has 3 nitrogen and oxygen atoms in total. The van der Waals surface area contributed by atoms with Crippen molar-refractivity contribution in [1.29, 1.82) is 0 Å². The maximum absolute atomic E-state index is 12.3. The van der Waals surface area contributed by atoms with E-state index in [0.29, 0.717) is 27.0 Å². The average molecular weight is 372 g/mol. The highest BCUT2D eigenvalue weighted by Gasteiger charge is 2.09. The Morgan fingerprint density at radius 3 is 2.36 bits per heavy atom. The molecule has 0 fully saturated rings. The molecule has 0 aliphatic carbocycles. The Hall–Kier alpha value is -2.49. The van der Waals surface area contributed by atoms with Crippen molar-refractivity contribution in [3.05, 3.63) is 87.9 Å². The number of rotatable bonds is 4. The van der Waals surface area contributed by atoms with E-state index in [9.17, 15) is 4.79 Å². The molecule has 1 amide bonds. The predicted molar refractivity (Wildman–Crippen MR) is 102 cm³/mol. The van der Waals surface area contributed by atoms with Crippen LogP contribution in [0.25, 0.3) is 0 Å². The predicted octanol–water partition coefficient (Wildman–Crippen LogP) is 6.35. The van der Waals surface area contributed by atoms with Gasteiger partial charge in [-0.05, 0) is 67.1 Å². The number of halogens is 2. The molecule has 3 rings (SSSR count). The molecule has 0 atom stereocenters. The van der Waals surface area contributed by atoms with E-state index in [4.69, 9.17) is 27.9 Å². The third-order valence-electron chi connectivity index (χ3n) is 3.52. The number of aryl methyl sites for hydroxylation is 1. The summed E-state index contributed by atoms with van der Waals surface area (Å²) in [4.78, 5) is 12.3. The molecule has 0 heterocycles. The van der Waals surface area contributed by atoms with E-state index in [1.54, 1.807) is 42.5 Å². The van der Waals surface area contributed by atoms with Crippen molar-refractivity contribution < 1.29 is 9.53 Å². The fourth-order valence-electron chi connectivity index (χ4n) is 2.27. The second kappa shape index (κ2) is 7.60. The average Bonchev–Trinajstić information content (AvgIpc) is 2.58. The Balaban J connectivity index is 1.70. The van der Waals surface area contributed by atoms with Gasteiger partial charge in [0.05, 0.1) is 10.7 Å². The lowest BCUT2D eigenvalue weighted by molar-refractivity contribution is 0.102. The summed E-state index contributed by atoms with van der Waals surface area (Å²) in [6, 6.07) is 19.6. The molecule has 0 radical (unpaired) electrons. The quantitative estimate of drug-likeness (QED) is 0.580. The summed E-state index contributed by atoms with van der Waals surface area (Å²) < 4.78 is 5.78. The van der Waals surface area contributed by atoms with Gasteiger partial charge in [-0.25, -0.2) is 0 Å². The Bertz CT molecular complexity index is 908. The number of carbonyl (C=O) groups excluding carboxylic acids is 1. The monoisotopic (exact) mass is 371 g/mol. The Morgan fingerprint density at radius 2 is 1.68 bits per heavy atom. The van der Waals surface area contributed by atoms with Gasteiger partial charge in [-0.3, -0.25) is 4.79 Å². The SMILES string of the molecule is Cc1cccc(Oc2ccc(C(=O)Nc3ccc(Cl)cc3Cl)cc2)c1. The van der Waals surface area contributed by atoms with Crippen molar-refractivity contribution in [2.24, 2.45) is 0 Å². The molecule has 126 valence electrons.